The fourth-order valence-corrected chi connectivity index (χ4v) is 4.15. The smallest absolute Gasteiger partial charge is 0.0266 e. The minimum Gasteiger partial charge on any atom is -0.0654 e. The van der Waals surface area contributed by atoms with Crippen molar-refractivity contribution in [3.8, 4) is 0 Å². The lowest BCUT2D eigenvalue weighted by molar-refractivity contribution is -0.150. The van der Waals surface area contributed by atoms with E-state index in [1.54, 1.807) is 0 Å². The molecule has 0 saturated heterocycles. The monoisotopic (exact) mass is 180 g/mol. The number of rotatable bonds is 2. The number of fused-ring (bicyclic) bond motifs is 2. The van der Waals surface area contributed by atoms with Crippen molar-refractivity contribution in [2.75, 3.05) is 0 Å². The highest BCUT2D eigenvalue weighted by molar-refractivity contribution is 5.06. The Hall–Kier alpha value is 0. The SMILES string of the molecule is CCCC1C2CC1(C)C(C)CC2C. The molecule has 0 aliphatic heterocycles. The third-order valence-electron chi connectivity index (χ3n) is 5.22. The van der Waals surface area contributed by atoms with Crippen molar-refractivity contribution in [1.29, 1.82) is 0 Å². The van der Waals surface area contributed by atoms with Crippen LogP contribution in [0.1, 0.15) is 53.4 Å². The Morgan fingerprint density at radius 3 is 2.54 bits per heavy atom. The second-order valence-corrected chi connectivity index (χ2v) is 5.88. The zero-order valence-corrected chi connectivity index (χ0v) is 9.64. The molecule has 3 saturated carbocycles. The van der Waals surface area contributed by atoms with Gasteiger partial charge in [0.2, 0.25) is 0 Å². The van der Waals surface area contributed by atoms with Crippen molar-refractivity contribution in [1.82, 2.24) is 0 Å². The average Bonchev–Trinajstić information content (AvgIpc) is 2.07. The fraction of sp³-hybridized carbons (Fsp3) is 1.00. The maximum Gasteiger partial charge on any atom is -0.0266 e. The van der Waals surface area contributed by atoms with Gasteiger partial charge in [0.25, 0.3) is 0 Å². The van der Waals surface area contributed by atoms with Gasteiger partial charge in [-0.15, -0.1) is 0 Å². The third kappa shape index (κ3) is 1.17. The van der Waals surface area contributed by atoms with Gasteiger partial charge in [-0.3, -0.25) is 0 Å². The maximum atomic E-state index is 2.54. The zero-order valence-electron chi connectivity index (χ0n) is 9.64. The molecule has 0 amide bonds. The molecule has 3 rings (SSSR count). The van der Waals surface area contributed by atoms with Crippen LogP contribution in [0, 0.1) is 29.1 Å². The van der Waals surface area contributed by atoms with Crippen molar-refractivity contribution < 1.29 is 0 Å². The van der Waals surface area contributed by atoms with Gasteiger partial charge < -0.3 is 0 Å². The molecule has 0 radical (unpaired) electrons. The molecular formula is C13H24. The van der Waals surface area contributed by atoms with Crippen LogP contribution >= 0.6 is 0 Å². The van der Waals surface area contributed by atoms with Crippen LogP contribution in [0.4, 0.5) is 0 Å². The molecule has 0 heteroatoms. The summed E-state index contributed by atoms with van der Waals surface area (Å²) in [6.45, 7) is 9.84. The van der Waals surface area contributed by atoms with Crippen LogP contribution in [-0.4, -0.2) is 0 Å². The molecule has 0 aromatic carbocycles. The molecule has 0 heterocycles. The van der Waals surface area contributed by atoms with Gasteiger partial charge in [-0.05, 0) is 48.3 Å². The van der Waals surface area contributed by atoms with Crippen molar-refractivity contribution in [2.45, 2.75) is 53.4 Å². The maximum absolute atomic E-state index is 2.54. The summed E-state index contributed by atoms with van der Waals surface area (Å²) >= 11 is 0. The molecule has 76 valence electrons. The Bertz CT molecular complexity index is 196. The van der Waals surface area contributed by atoms with Gasteiger partial charge in [0, 0.05) is 0 Å². The summed E-state index contributed by atoms with van der Waals surface area (Å²) in [6.07, 6.45) is 5.88. The van der Waals surface area contributed by atoms with E-state index in [2.05, 4.69) is 27.7 Å². The Morgan fingerprint density at radius 1 is 1.31 bits per heavy atom. The summed E-state index contributed by atoms with van der Waals surface area (Å²) in [5, 5.41) is 0. The molecular weight excluding hydrogens is 156 g/mol. The van der Waals surface area contributed by atoms with Crippen LogP contribution in [0.3, 0.4) is 0 Å². The van der Waals surface area contributed by atoms with Crippen LogP contribution in [-0.2, 0) is 0 Å². The van der Waals surface area contributed by atoms with Gasteiger partial charge in [0.15, 0.2) is 0 Å². The highest BCUT2D eigenvalue weighted by atomic mass is 14.6. The minimum atomic E-state index is 0.729. The first kappa shape index (κ1) is 9.55. The van der Waals surface area contributed by atoms with E-state index in [4.69, 9.17) is 0 Å². The lowest BCUT2D eigenvalue weighted by Crippen LogP contribution is -2.56. The standard InChI is InChI=1S/C13H24/c1-5-6-12-11-8-13(12,4)10(3)7-9(11)2/h9-12H,5-8H2,1-4H3. The van der Waals surface area contributed by atoms with Crippen molar-refractivity contribution in [3.05, 3.63) is 0 Å². The summed E-state index contributed by atoms with van der Waals surface area (Å²) in [7, 11) is 0. The molecule has 0 aromatic rings. The predicted octanol–water partition coefficient (Wildman–Crippen LogP) is 4.10. The molecule has 0 spiro atoms. The van der Waals surface area contributed by atoms with E-state index in [1.165, 1.54) is 25.7 Å². The molecule has 3 fully saturated rings. The highest BCUT2D eigenvalue weighted by Gasteiger charge is 2.57. The lowest BCUT2D eigenvalue weighted by Gasteiger charge is -2.64. The van der Waals surface area contributed by atoms with Crippen molar-refractivity contribution in [2.24, 2.45) is 29.1 Å². The van der Waals surface area contributed by atoms with Crippen LogP contribution < -0.4 is 0 Å². The Labute approximate surface area is 83.1 Å². The van der Waals surface area contributed by atoms with E-state index in [1.807, 2.05) is 0 Å². The summed E-state index contributed by atoms with van der Waals surface area (Å²) in [6, 6.07) is 0. The zero-order chi connectivity index (χ0) is 9.64. The van der Waals surface area contributed by atoms with Crippen LogP contribution in [0.2, 0.25) is 0 Å². The molecule has 0 nitrogen and oxygen atoms in total. The lowest BCUT2D eigenvalue weighted by atomic mass is 9.41. The predicted molar refractivity (Wildman–Crippen MR) is 57.6 cm³/mol. The summed E-state index contributed by atoms with van der Waals surface area (Å²) in [4.78, 5) is 0. The Morgan fingerprint density at radius 2 is 2.00 bits per heavy atom. The van der Waals surface area contributed by atoms with E-state index >= 15 is 0 Å². The first-order chi connectivity index (χ1) is 6.09. The quantitative estimate of drug-likeness (QED) is 0.600. The van der Waals surface area contributed by atoms with Crippen molar-refractivity contribution in [3.63, 3.8) is 0 Å². The summed E-state index contributed by atoms with van der Waals surface area (Å²) < 4.78 is 0. The molecule has 0 aromatic heterocycles. The minimum absolute atomic E-state index is 0.729. The van der Waals surface area contributed by atoms with Crippen LogP contribution in [0.15, 0.2) is 0 Å². The first-order valence-electron chi connectivity index (χ1n) is 6.09. The Kier molecular flexibility index (Phi) is 2.20. The van der Waals surface area contributed by atoms with Gasteiger partial charge in [-0.2, -0.15) is 0 Å². The first-order valence-corrected chi connectivity index (χ1v) is 6.09. The van der Waals surface area contributed by atoms with Crippen molar-refractivity contribution >= 4 is 0 Å². The molecule has 13 heavy (non-hydrogen) atoms. The highest BCUT2D eigenvalue weighted by Crippen LogP contribution is 2.65. The van der Waals surface area contributed by atoms with Gasteiger partial charge in [-0.1, -0.05) is 34.1 Å². The largest absolute Gasteiger partial charge is 0.0654 e. The van der Waals surface area contributed by atoms with E-state index in [-0.39, 0.29) is 0 Å². The topological polar surface area (TPSA) is 0 Å². The summed E-state index contributed by atoms with van der Waals surface area (Å²) in [5.41, 5.74) is 0.729. The van der Waals surface area contributed by atoms with Gasteiger partial charge in [-0.25, -0.2) is 0 Å². The number of hydrogen-bond donors (Lipinski definition) is 0. The van der Waals surface area contributed by atoms with E-state index in [0.717, 1.165) is 29.1 Å². The normalized spacial score (nSPS) is 54.5. The average molecular weight is 180 g/mol. The fourth-order valence-electron chi connectivity index (χ4n) is 4.15. The van der Waals surface area contributed by atoms with Crippen LogP contribution in [0.5, 0.6) is 0 Å². The Balaban J connectivity index is 2.11. The van der Waals surface area contributed by atoms with Gasteiger partial charge in [0.05, 0.1) is 0 Å². The third-order valence-corrected chi connectivity index (χ3v) is 5.22. The van der Waals surface area contributed by atoms with Crippen LogP contribution in [0.25, 0.3) is 0 Å². The van der Waals surface area contributed by atoms with Gasteiger partial charge in [0.1, 0.15) is 0 Å². The van der Waals surface area contributed by atoms with E-state index < -0.39 is 0 Å². The molecule has 3 aliphatic rings. The summed E-state index contributed by atoms with van der Waals surface area (Å²) in [5.74, 6) is 4.13. The molecule has 2 bridgehead atoms. The molecule has 5 atom stereocenters. The second kappa shape index (κ2) is 3.00. The molecule has 5 unspecified atom stereocenters. The molecule has 0 N–H and O–H groups in total. The molecule has 3 aliphatic carbocycles. The second-order valence-electron chi connectivity index (χ2n) is 5.88. The van der Waals surface area contributed by atoms with Gasteiger partial charge >= 0.3 is 0 Å². The van der Waals surface area contributed by atoms with E-state index in [0.29, 0.717) is 0 Å². The van der Waals surface area contributed by atoms with E-state index in [9.17, 15) is 0 Å². The number of hydrogen-bond acceptors (Lipinski definition) is 0.